The zero-order valence-electron chi connectivity index (χ0n) is 10.0. The summed E-state index contributed by atoms with van der Waals surface area (Å²) in [6.07, 6.45) is 1.13. The number of rotatable bonds is 0. The van der Waals surface area contributed by atoms with E-state index >= 15 is 0 Å². The van der Waals surface area contributed by atoms with Crippen LogP contribution in [-0.2, 0) is 19.7 Å². The number of esters is 1. The van der Waals surface area contributed by atoms with Gasteiger partial charge in [0.05, 0.1) is 12.3 Å². The largest absolute Gasteiger partial charge is 0.457 e. The average Bonchev–Trinajstić information content (AvgIpc) is 2.25. The Balaban J connectivity index is 1.81. The van der Waals surface area contributed by atoms with Crippen LogP contribution in [0.15, 0.2) is 24.3 Å². The van der Waals surface area contributed by atoms with E-state index in [1.54, 1.807) is 0 Å². The van der Waals surface area contributed by atoms with Crippen LogP contribution in [0.3, 0.4) is 0 Å². The van der Waals surface area contributed by atoms with Crippen LogP contribution in [0, 0.1) is 5.92 Å². The van der Waals surface area contributed by atoms with Crippen LogP contribution in [0.5, 0.6) is 0 Å². The predicted molar refractivity (Wildman–Crippen MR) is 64.0 cm³/mol. The van der Waals surface area contributed by atoms with Crippen molar-refractivity contribution < 1.29 is 14.3 Å². The molecule has 2 heterocycles. The molecule has 3 atom stereocenters. The zero-order chi connectivity index (χ0) is 12.5. The molecule has 4 nitrogen and oxygen atoms in total. The van der Waals surface area contributed by atoms with Crippen LogP contribution in [0.4, 0.5) is 5.69 Å². The fourth-order valence-electron chi connectivity index (χ4n) is 4.07. The number of ether oxygens (including phenoxy) is 1. The van der Waals surface area contributed by atoms with Gasteiger partial charge in [-0.15, -0.1) is 0 Å². The van der Waals surface area contributed by atoms with Gasteiger partial charge in [-0.1, -0.05) is 25.1 Å². The van der Waals surface area contributed by atoms with Crippen LogP contribution in [-0.4, -0.2) is 17.5 Å². The monoisotopic (exact) mass is 243 g/mol. The standard InChI is InChI=1S/C14H13NO3/c1-13-7-14(6-10(16)18-14)11(13)12(17)15-9-5-3-2-4-8(9)13/h2-5,11H,6-7H2,1H3,(H,15,17)/t11-,13+,14+/m1/s1. The summed E-state index contributed by atoms with van der Waals surface area (Å²) >= 11 is 0. The summed E-state index contributed by atoms with van der Waals surface area (Å²) in [6, 6.07) is 7.87. The van der Waals surface area contributed by atoms with Crippen molar-refractivity contribution in [2.45, 2.75) is 30.8 Å². The minimum absolute atomic E-state index is 0.0186. The summed E-state index contributed by atoms with van der Waals surface area (Å²) in [7, 11) is 0. The lowest BCUT2D eigenvalue weighted by Gasteiger charge is -2.64. The second-order valence-corrected chi connectivity index (χ2v) is 5.78. The molecular formula is C14H13NO3. The van der Waals surface area contributed by atoms with E-state index in [0.717, 1.165) is 17.7 Å². The number of nitrogens with one attached hydrogen (secondary N) is 1. The normalized spacial score (nSPS) is 39.9. The molecule has 2 aliphatic heterocycles. The maximum absolute atomic E-state index is 12.2. The minimum Gasteiger partial charge on any atom is -0.457 e. The van der Waals surface area contributed by atoms with Gasteiger partial charge in [-0.3, -0.25) is 9.59 Å². The van der Waals surface area contributed by atoms with Gasteiger partial charge in [-0.2, -0.15) is 0 Å². The number of anilines is 1. The lowest BCUT2D eigenvalue weighted by Crippen LogP contribution is -2.74. The molecule has 4 rings (SSSR count). The van der Waals surface area contributed by atoms with E-state index in [2.05, 4.69) is 18.3 Å². The summed E-state index contributed by atoms with van der Waals surface area (Å²) in [5.74, 6) is -0.448. The predicted octanol–water partition coefficient (Wildman–Crippen LogP) is 1.60. The van der Waals surface area contributed by atoms with Crippen molar-refractivity contribution in [2.75, 3.05) is 5.32 Å². The van der Waals surface area contributed by atoms with Crippen LogP contribution in [0.1, 0.15) is 25.3 Å². The number of hydrogen-bond acceptors (Lipinski definition) is 3. The molecule has 4 heteroatoms. The fourth-order valence-corrected chi connectivity index (χ4v) is 4.07. The first-order chi connectivity index (χ1) is 8.55. The number of fused-ring (bicyclic) bond motifs is 4. The van der Waals surface area contributed by atoms with E-state index in [4.69, 9.17) is 4.74 Å². The quantitative estimate of drug-likeness (QED) is 0.704. The fraction of sp³-hybridized carbons (Fsp3) is 0.429. The van der Waals surface area contributed by atoms with Gasteiger partial charge >= 0.3 is 5.97 Å². The van der Waals surface area contributed by atoms with E-state index in [-0.39, 0.29) is 23.2 Å². The van der Waals surface area contributed by atoms with Crippen molar-refractivity contribution in [3.8, 4) is 0 Å². The number of para-hydroxylation sites is 1. The van der Waals surface area contributed by atoms with Gasteiger partial charge < -0.3 is 10.1 Å². The van der Waals surface area contributed by atoms with Crippen molar-refractivity contribution in [1.82, 2.24) is 0 Å². The molecule has 0 bridgehead atoms. The summed E-state index contributed by atoms with van der Waals surface area (Å²) in [6.45, 7) is 2.09. The average molecular weight is 243 g/mol. The Bertz CT molecular complexity index is 586. The Labute approximate surface area is 104 Å². The van der Waals surface area contributed by atoms with Gasteiger partial charge in [0.15, 0.2) is 0 Å². The van der Waals surface area contributed by atoms with Crippen molar-refractivity contribution in [3.05, 3.63) is 29.8 Å². The molecule has 1 saturated heterocycles. The Morgan fingerprint density at radius 1 is 1.33 bits per heavy atom. The van der Waals surface area contributed by atoms with E-state index in [1.807, 2.05) is 18.2 Å². The highest BCUT2D eigenvalue weighted by Gasteiger charge is 2.73. The smallest absolute Gasteiger partial charge is 0.310 e. The first-order valence-electron chi connectivity index (χ1n) is 6.17. The second kappa shape index (κ2) is 2.76. The van der Waals surface area contributed by atoms with E-state index < -0.39 is 5.60 Å². The molecule has 1 saturated carbocycles. The molecule has 1 aromatic carbocycles. The molecule has 3 aliphatic rings. The number of benzene rings is 1. The highest BCUT2D eigenvalue weighted by atomic mass is 16.6. The Hall–Kier alpha value is -1.84. The van der Waals surface area contributed by atoms with Gasteiger partial charge in [0.1, 0.15) is 5.60 Å². The minimum atomic E-state index is -0.524. The Kier molecular flexibility index (Phi) is 1.55. The topological polar surface area (TPSA) is 55.4 Å². The molecule has 2 fully saturated rings. The number of amides is 1. The first-order valence-corrected chi connectivity index (χ1v) is 6.17. The van der Waals surface area contributed by atoms with Crippen molar-refractivity contribution in [2.24, 2.45) is 5.92 Å². The molecule has 0 radical (unpaired) electrons. The van der Waals surface area contributed by atoms with Crippen molar-refractivity contribution >= 4 is 17.6 Å². The third-order valence-electron chi connectivity index (χ3n) is 4.65. The molecule has 0 aromatic heterocycles. The first kappa shape index (κ1) is 10.1. The molecule has 0 unspecified atom stereocenters. The number of carbonyl (C=O) groups is 2. The maximum atomic E-state index is 12.2. The van der Waals surface area contributed by atoms with Gasteiger partial charge in [-0.25, -0.2) is 0 Å². The summed E-state index contributed by atoms with van der Waals surface area (Å²) in [4.78, 5) is 23.3. The van der Waals surface area contributed by atoms with Gasteiger partial charge in [0, 0.05) is 11.1 Å². The molecule has 1 aromatic rings. The van der Waals surface area contributed by atoms with Crippen LogP contribution in [0.25, 0.3) is 0 Å². The van der Waals surface area contributed by atoms with E-state index in [0.29, 0.717) is 6.42 Å². The molecule has 1 aliphatic carbocycles. The van der Waals surface area contributed by atoms with Crippen LogP contribution < -0.4 is 5.32 Å². The molecule has 92 valence electrons. The Morgan fingerprint density at radius 3 is 2.78 bits per heavy atom. The summed E-state index contributed by atoms with van der Waals surface area (Å²) in [5.41, 5.74) is 1.33. The SMILES string of the molecule is C[C@@]12C[C@@]3(CC(=O)O3)[C@@H]1C(=O)Nc1ccccc12. The second-order valence-electron chi connectivity index (χ2n) is 5.78. The van der Waals surface area contributed by atoms with E-state index in [9.17, 15) is 9.59 Å². The lowest BCUT2D eigenvalue weighted by atomic mass is 9.45. The van der Waals surface area contributed by atoms with Crippen LogP contribution in [0.2, 0.25) is 0 Å². The summed E-state index contributed by atoms with van der Waals surface area (Å²) < 4.78 is 5.28. The highest BCUT2D eigenvalue weighted by Crippen LogP contribution is 2.64. The van der Waals surface area contributed by atoms with Gasteiger partial charge in [-0.05, 0) is 18.1 Å². The third-order valence-corrected chi connectivity index (χ3v) is 4.65. The molecule has 1 amide bonds. The van der Waals surface area contributed by atoms with Crippen molar-refractivity contribution in [1.29, 1.82) is 0 Å². The lowest BCUT2D eigenvalue weighted by molar-refractivity contribution is -0.242. The molecule has 1 spiro atoms. The van der Waals surface area contributed by atoms with Crippen molar-refractivity contribution in [3.63, 3.8) is 0 Å². The maximum Gasteiger partial charge on any atom is 0.310 e. The van der Waals surface area contributed by atoms with Gasteiger partial charge in [0.2, 0.25) is 5.91 Å². The highest BCUT2D eigenvalue weighted by molar-refractivity contribution is 6.01. The van der Waals surface area contributed by atoms with Gasteiger partial charge in [0.25, 0.3) is 0 Å². The number of carbonyl (C=O) groups excluding carboxylic acids is 2. The van der Waals surface area contributed by atoms with Crippen LogP contribution >= 0.6 is 0 Å². The zero-order valence-corrected chi connectivity index (χ0v) is 10.0. The molecule has 1 N–H and O–H groups in total. The number of hydrogen-bond donors (Lipinski definition) is 1. The molecular weight excluding hydrogens is 230 g/mol. The Morgan fingerprint density at radius 2 is 2.06 bits per heavy atom. The summed E-state index contributed by atoms with van der Waals surface area (Å²) in [5, 5.41) is 2.92. The third kappa shape index (κ3) is 0.937. The molecule has 18 heavy (non-hydrogen) atoms. The van der Waals surface area contributed by atoms with E-state index in [1.165, 1.54) is 0 Å².